The van der Waals surface area contributed by atoms with Gasteiger partial charge in [0.15, 0.2) is 0 Å². The molecule has 1 aromatic rings. The zero-order valence-electron chi connectivity index (χ0n) is 9.28. The van der Waals surface area contributed by atoms with Crippen LogP contribution in [0.1, 0.15) is 17.3 Å². The molecule has 0 bridgehead atoms. The quantitative estimate of drug-likeness (QED) is 0.474. The number of benzene rings is 1. The molecule has 0 saturated carbocycles. The Kier molecular flexibility index (Phi) is 4.30. The molecule has 98 valence electrons. The molecule has 0 heterocycles. The van der Waals surface area contributed by atoms with Crippen LogP contribution in [0, 0.1) is 0 Å². The molecule has 0 aliphatic rings. The number of alkyl halides is 3. The van der Waals surface area contributed by atoms with Crippen molar-refractivity contribution in [1.82, 2.24) is 0 Å². The van der Waals surface area contributed by atoms with Gasteiger partial charge in [-0.25, -0.2) is 4.79 Å². The third kappa shape index (κ3) is 4.08. The summed E-state index contributed by atoms with van der Waals surface area (Å²) >= 11 is 0. The summed E-state index contributed by atoms with van der Waals surface area (Å²) in [5.74, 6) is -2.44. The first kappa shape index (κ1) is 14.0. The Balaban J connectivity index is 2.77. The number of Topliss-reactive ketones (excluding diaryl/α,β-unsaturated/α-hetero) is 1. The molecule has 1 aromatic carbocycles. The van der Waals surface area contributed by atoms with Crippen molar-refractivity contribution in [3.8, 4) is 5.75 Å². The van der Waals surface area contributed by atoms with Crippen LogP contribution in [0.25, 0.3) is 0 Å². The summed E-state index contributed by atoms with van der Waals surface area (Å²) in [7, 11) is 0. The molecule has 18 heavy (non-hydrogen) atoms. The second kappa shape index (κ2) is 5.52. The van der Waals surface area contributed by atoms with E-state index in [-0.39, 0.29) is 12.2 Å². The van der Waals surface area contributed by atoms with Gasteiger partial charge in [-0.05, 0) is 31.2 Å². The molecule has 0 unspecified atom stereocenters. The number of carbonyl (C=O) groups excluding carboxylic acids is 2. The minimum atomic E-state index is -4.80. The summed E-state index contributed by atoms with van der Waals surface area (Å²) in [5.41, 5.74) is -0.0667. The summed E-state index contributed by atoms with van der Waals surface area (Å²) in [6.07, 6.45) is -4.80. The number of rotatable bonds is 4. The lowest BCUT2D eigenvalue weighted by molar-refractivity contribution is -0.274. The number of carbonyl (C=O) groups is 2. The smallest absolute Gasteiger partial charge is 0.460 e. The highest BCUT2D eigenvalue weighted by molar-refractivity contribution is 6.40. The molecule has 0 aliphatic heterocycles. The average molecular weight is 262 g/mol. The number of ether oxygens (including phenoxy) is 2. The van der Waals surface area contributed by atoms with Crippen molar-refractivity contribution >= 4 is 11.8 Å². The van der Waals surface area contributed by atoms with Crippen molar-refractivity contribution < 1.29 is 32.2 Å². The van der Waals surface area contributed by atoms with Crippen LogP contribution in [0.4, 0.5) is 13.2 Å². The maximum atomic E-state index is 11.9. The fourth-order valence-electron chi connectivity index (χ4n) is 1.12. The predicted molar refractivity (Wildman–Crippen MR) is 54.1 cm³/mol. The van der Waals surface area contributed by atoms with E-state index < -0.39 is 23.9 Å². The van der Waals surface area contributed by atoms with Gasteiger partial charge in [-0.3, -0.25) is 4.79 Å². The summed E-state index contributed by atoms with van der Waals surface area (Å²) in [6.45, 7) is 1.57. The van der Waals surface area contributed by atoms with Crippen LogP contribution in [0.5, 0.6) is 5.75 Å². The second-order valence-corrected chi connectivity index (χ2v) is 3.12. The van der Waals surface area contributed by atoms with E-state index >= 15 is 0 Å². The maximum Gasteiger partial charge on any atom is 0.573 e. The summed E-state index contributed by atoms with van der Waals surface area (Å²) in [5, 5.41) is 0. The minimum Gasteiger partial charge on any atom is -0.460 e. The largest absolute Gasteiger partial charge is 0.573 e. The number of hydrogen-bond donors (Lipinski definition) is 0. The van der Waals surface area contributed by atoms with E-state index in [0.717, 1.165) is 24.3 Å². The van der Waals surface area contributed by atoms with E-state index in [2.05, 4.69) is 9.47 Å². The van der Waals surface area contributed by atoms with E-state index in [4.69, 9.17) is 0 Å². The SMILES string of the molecule is CCOC(=O)C(=O)c1ccc(OC(F)(F)F)cc1. The van der Waals surface area contributed by atoms with Crippen LogP contribution in [-0.4, -0.2) is 24.7 Å². The van der Waals surface area contributed by atoms with Gasteiger partial charge in [-0.15, -0.1) is 13.2 Å². The lowest BCUT2D eigenvalue weighted by Crippen LogP contribution is -2.18. The molecule has 1 rings (SSSR count). The van der Waals surface area contributed by atoms with E-state index in [1.54, 1.807) is 0 Å². The van der Waals surface area contributed by atoms with Gasteiger partial charge in [0.2, 0.25) is 0 Å². The van der Waals surface area contributed by atoms with E-state index in [1.807, 2.05) is 0 Å². The van der Waals surface area contributed by atoms with Crippen LogP contribution in [-0.2, 0) is 9.53 Å². The van der Waals surface area contributed by atoms with Gasteiger partial charge in [0.25, 0.3) is 5.78 Å². The molecule has 0 spiro atoms. The zero-order chi connectivity index (χ0) is 13.8. The van der Waals surface area contributed by atoms with Crippen LogP contribution in [0.15, 0.2) is 24.3 Å². The van der Waals surface area contributed by atoms with Gasteiger partial charge in [-0.1, -0.05) is 0 Å². The molecule has 0 fully saturated rings. The zero-order valence-corrected chi connectivity index (χ0v) is 9.28. The Bertz CT molecular complexity index is 437. The third-order valence-corrected chi connectivity index (χ3v) is 1.81. The first-order chi connectivity index (χ1) is 8.33. The summed E-state index contributed by atoms with van der Waals surface area (Å²) in [6, 6.07) is 4.00. The fraction of sp³-hybridized carbons (Fsp3) is 0.273. The number of hydrogen-bond acceptors (Lipinski definition) is 4. The highest BCUT2D eigenvalue weighted by Gasteiger charge is 2.31. The molecule has 0 aliphatic carbocycles. The van der Waals surface area contributed by atoms with Crippen LogP contribution >= 0.6 is 0 Å². The van der Waals surface area contributed by atoms with E-state index in [0.29, 0.717) is 0 Å². The standard InChI is InChI=1S/C11H9F3O4/c1-2-17-10(16)9(15)7-3-5-8(6-4-7)18-11(12,13)14/h3-6H,2H2,1H3. The molecule has 4 nitrogen and oxygen atoms in total. The predicted octanol–water partition coefficient (Wildman–Crippen LogP) is 2.33. The third-order valence-electron chi connectivity index (χ3n) is 1.81. The van der Waals surface area contributed by atoms with Gasteiger partial charge in [0, 0.05) is 5.56 Å². The Morgan fingerprint density at radius 2 is 1.72 bits per heavy atom. The van der Waals surface area contributed by atoms with Crippen LogP contribution in [0.3, 0.4) is 0 Å². The second-order valence-electron chi connectivity index (χ2n) is 3.12. The molecule has 0 aromatic heterocycles. The Morgan fingerprint density at radius 1 is 1.17 bits per heavy atom. The molecule has 0 amide bonds. The normalized spacial score (nSPS) is 10.9. The van der Waals surface area contributed by atoms with Gasteiger partial charge >= 0.3 is 12.3 Å². The Labute approximate surface area is 100 Å². The minimum absolute atomic E-state index is 0.0415. The van der Waals surface area contributed by atoms with Gasteiger partial charge in [0.05, 0.1) is 6.61 Å². The lowest BCUT2D eigenvalue weighted by atomic mass is 10.1. The molecular formula is C11H9F3O4. The highest BCUT2D eigenvalue weighted by Crippen LogP contribution is 2.22. The van der Waals surface area contributed by atoms with Crippen LogP contribution < -0.4 is 4.74 Å². The van der Waals surface area contributed by atoms with Gasteiger partial charge in [-0.2, -0.15) is 0 Å². The lowest BCUT2D eigenvalue weighted by Gasteiger charge is -2.08. The number of esters is 1. The molecule has 0 radical (unpaired) electrons. The van der Waals surface area contributed by atoms with Crippen molar-refractivity contribution in [1.29, 1.82) is 0 Å². The van der Waals surface area contributed by atoms with Crippen molar-refractivity contribution in [2.75, 3.05) is 6.61 Å². The molecule has 0 N–H and O–H groups in total. The Morgan fingerprint density at radius 3 is 2.17 bits per heavy atom. The van der Waals surface area contributed by atoms with Crippen molar-refractivity contribution in [3.05, 3.63) is 29.8 Å². The summed E-state index contributed by atoms with van der Waals surface area (Å²) in [4.78, 5) is 22.5. The van der Waals surface area contributed by atoms with E-state index in [1.165, 1.54) is 6.92 Å². The summed E-state index contributed by atoms with van der Waals surface area (Å²) < 4.78 is 43.7. The van der Waals surface area contributed by atoms with Crippen molar-refractivity contribution in [3.63, 3.8) is 0 Å². The average Bonchev–Trinajstić information content (AvgIpc) is 2.27. The topological polar surface area (TPSA) is 52.6 Å². The monoisotopic (exact) mass is 262 g/mol. The van der Waals surface area contributed by atoms with Crippen molar-refractivity contribution in [2.45, 2.75) is 13.3 Å². The van der Waals surface area contributed by atoms with Crippen LogP contribution in [0.2, 0.25) is 0 Å². The first-order valence-corrected chi connectivity index (χ1v) is 4.90. The molecule has 7 heteroatoms. The number of ketones is 1. The van der Waals surface area contributed by atoms with Crippen molar-refractivity contribution in [2.24, 2.45) is 0 Å². The molecule has 0 saturated heterocycles. The number of halogens is 3. The van der Waals surface area contributed by atoms with Gasteiger partial charge in [0.1, 0.15) is 5.75 Å². The maximum absolute atomic E-state index is 11.9. The highest BCUT2D eigenvalue weighted by atomic mass is 19.4. The first-order valence-electron chi connectivity index (χ1n) is 4.90. The van der Waals surface area contributed by atoms with Gasteiger partial charge < -0.3 is 9.47 Å². The Hall–Kier alpha value is -2.05. The molecule has 0 atom stereocenters. The van der Waals surface area contributed by atoms with E-state index in [9.17, 15) is 22.8 Å². The molecular weight excluding hydrogens is 253 g/mol. The fourth-order valence-corrected chi connectivity index (χ4v) is 1.12.